The van der Waals surface area contributed by atoms with Gasteiger partial charge in [0.25, 0.3) is 0 Å². The number of thiophene rings is 1. The van der Waals surface area contributed by atoms with Crippen LogP contribution in [0.15, 0.2) is 40.2 Å². The Balaban J connectivity index is 2.33. The molecule has 6 heteroatoms. The van der Waals surface area contributed by atoms with Crippen LogP contribution in [-0.2, 0) is 6.54 Å². The third kappa shape index (κ3) is 3.19. The summed E-state index contributed by atoms with van der Waals surface area (Å²) in [6, 6.07) is 7.41. The first-order chi connectivity index (χ1) is 9.11. The van der Waals surface area contributed by atoms with E-state index in [-0.39, 0.29) is 5.84 Å². The minimum atomic E-state index is 0.0506. The minimum absolute atomic E-state index is 0.0506. The molecule has 0 amide bonds. The minimum Gasteiger partial charge on any atom is -0.409 e. The second-order valence-corrected chi connectivity index (χ2v) is 5.35. The highest BCUT2D eigenvalue weighted by Gasteiger charge is 2.12. The Bertz CT molecular complexity index is 584. The van der Waals surface area contributed by atoms with E-state index in [0.29, 0.717) is 10.6 Å². The quantitative estimate of drug-likeness (QED) is 0.394. The second-order valence-electron chi connectivity index (χ2n) is 4.13. The van der Waals surface area contributed by atoms with Crippen LogP contribution in [0.5, 0.6) is 0 Å². The van der Waals surface area contributed by atoms with E-state index in [0.717, 1.165) is 12.2 Å². The van der Waals surface area contributed by atoms with E-state index in [2.05, 4.69) is 16.6 Å². The van der Waals surface area contributed by atoms with Gasteiger partial charge in [-0.2, -0.15) is 11.3 Å². The maximum absolute atomic E-state index is 8.85. The number of hydrogen-bond donors (Lipinski definition) is 2. The lowest BCUT2D eigenvalue weighted by Crippen LogP contribution is -2.22. The fourth-order valence-corrected chi connectivity index (χ4v) is 2.67. The lowest BCUT2D eigenvalue weighted by Gasteiger charge is -2.21. The third-order valence-corrected chi connectivity index (χ3v) is 3.72. The summed E-state index contributed by atoms with van der Waals surface area (Å²) in [7, 11) is 1.95. The number of oxime groups is 1. The molecule has 1 aromatic carbocycles. The maximum Gasteiger partial charge on any atom is 0.172 e. The molecule has 0 saturated carbocycles. The first kappa shape index (κ1) is 13.7. The number of nitrogens with two attached hydrogens (primary N) is 1. The third-order valence-electron chi connectivity index (χ3n) is 2.75. The molecule has 0 aliphatic heterocycles. The van der Waals surface area contributed by atoms with Crippen LogP contribution in [0.3, 0.4) is 0 Å². The van der Waals surface area contributed by atoms with Crippen LogP contribution in [0.4, 0.5) is 5.69 Å². The van der Waals surface area contributed by atoms with Gasteiger partial charge in [-0.3, -0.25) is 0 Å². The Morgan fingerprint density at radius 1 is 1.47 bits per heavy atom. The van der Waals surface area contributed by atoms with Crippen molar-refractivity contribution in [3.63, 3.8) is 0 Å². The highest BCUT2D eigenvalue weighted by molar-refractivity contribution is 7.07. The molecular formula is C13H14ClN3OS. The first-order valence-electron chi connectivity index (χ1n) is 5.61. The van der Waals surface area contributed by atoms with E-state index in [9.17, 15) is 0 Å². The van der Waals surface area contributed by atoms with Crippen molar-refractivity contribution < 1.29 is 5.21 Å². The summed E-state index contributed by atoms with van der Waals surface area (Å²) in [4.78, 5) is 2.03. The van der Waals surface area contributed by atoms with Crippen LogP contribution < -0.4 is 10.6 Å². The number of anilines is 1. The highest BCUT2D eigenvalue weighted by atomic mass is 35.5. The summed E-state index contributed by atoms with van der Waals surface area (Å²) in [5.41, 5.74) is 8.39. The van der Waals surface area contributed by atoms with Gasteiger partial charge in [-0.25, -0.2) is 0 Å². The van der Waals surface area contributed by atoms with Crippen molar-refractivity contribution in [2.24, 2.45) is 10.9 Å². The highest BCUT2D eigenvalue weighted by Crippen LogP contribution is 2.25. The fourth-order valence-electron chi connectivity index (χ4n) is 1.84. The van der Waals surface area contributed by atoms with E-state index in [4.69, 9.17) is 22.5 Å². The SMILES string of the molecule is CN(Cc1ccsc1)c1ccc(Cl)cc1C(N)=NO. The Kier molecular flexibility index (Phi) is 4.29. The Labute approximate surface area is 120 Å². The predicted octanol–water partition coefficient (Wildman–Crippen LogP) is 3.13. The lowest BCUT2D eigenvalue weighted by molar-refractivity contribution is 0.318. The molecule has 1 heterocycles. The van der Waals surface area contributed by atoms with Crippen molar-refractivity contribution in [2.75, 3.05) is 11.9 Å². The summed E-state index contributed by atoms with van der Waals surface area (Å²) >= 11 is 7.61. The zero-order valence-corrected chi connectivity index (χ0v) is 11.9. The van der Waals surface area contributed by atoms with Gasteiger partial charge in [0.2, 0.25) is 0 Å². The van der Waals surface area contributed by atoms with Crippen LogP contribution in [0.2, 0.25) is 5.02 Å². The zero-order chi connectivity index (χ0) is 13.8. The molecule has 2 rings (SSSR count). The van der Waals surface area contributed by atoms with Crippen molar-refractivity contribution in [2.45, 2.75) is 6.54 Å². The molecule has 4 nitrogen and oxygen atoms in total. The molecule has 0 radical (unpaired) electrons. The zero-order valence-electron chi connectivity index (χ0n) is 10.4. The van der Waals surface area contributed by atoms with Crippen LogP contribution in [0.1, 0.15) is 11.1 Å². The van der Waals surface area contributed by atoms with Crippen molar-refractivity contribution in [3.05, 3.63) is 51.2 Å². The number of amidine groups is 1. The molecule has 3 N–H and O–H groups in total. The molecule has 0 fully saturated rings. The predicted molar refractivity (Wildman–Crippen MR) is 80.4 cm³/mol. The molecule has 2 aromatic rings. The molecule has 0 unspecified atom stereocenters. The number of hydrogen-bond acceptors (Lipinski definition) is 4. The average Bonchev–Trinajstić information content (AvgIpc) is 2.90. The Morgan fingerprint density at radius 2 is 2.26 bits per heavy atom. The summed E-state index contributed by atoms with van der Waals surface area (Å²) in [5, 5.41) is 16.6. The molecule has 1 aromatic heterocycles. The average molecular weight is 296 g/mol. The number of halogens is 1. The van der Waals surface area contributed by atoms with Gasteiger partial charge in [-0.05, 0) is 40.6 Å². The monoisotopic (exact) mass is 295 g/mol. The van der Waals surface area contributed by atoms with E-state index < -0.39 is 0 Å². The van der Waals surface area contributed by atoms with Gasteiger partial charge in [-0.15, -0.1) is 0 Å². The smallest absolute Gasteiger partial charge is 0.172 e. The largest absolute Gasteiger partial charge is 0.409 e. The van der Waals surface area contributed by atoms with Gasteiger partial charge in [-0.1, -0.05) is 16.8 Å². The van der Waals surface area contributed by atoms with Gasteiger partial charge < -0.3 is 15.8 Å². The molecular weight excluding hydrogens is 282 g/mol. The maximum atomic E-state index is 8.85. The van der Waals surface area contributed by atoms with Crippen molar-refractivity contribution in [1.29, 1.82) is 0 Å². The van der Waals surface area contributed by atoms with E-state index >= 15 is 0 Å². The normalized spacial score (nSPS) is 11.6. The van der Waals surface area contributed by atoms with Crippen LogP contribution in [0.25, 0.3) is 0 Å². The fraction of sp³-hybridized carbons (Fsp3) is 0.154. The first-order valence-corrected chi connectivity index (χ1v) is 6.93. The van der Waals surface area contributed by atoms with Gasteiger partial charge in [0.05, 0.1) is 0 Å². The number of rotatable bonds is 4. The Morgan fingerprint density at radius 3 is 2.89 bits per heavy atom. The van der Waals surface area contributed by atoms with Crippen LogP contribution >= 0.6 is 22.9 Å². The van der Waals surface area contributed by atoms with Gasteiger partial charge in [0.1, 0.15) is 0 Å². The van der Waals surface area contributed by atoms with Gasteiger partial charge in [0.15, 0.2) is 5.84 Å². The van der Waals surface area contributed by atoms with E-state index in [1.54, 1.807) is 23.5 Å². The molecule has 100 valence electrons. The standard InChI is InChI=1S/C13H14ClN3OS/c1-17(7-9-4-5-19-8-9)12-3-2-10(14)6-11(12)13(15)16-18/h2-6,8,18H,7H2,1H3,(H2,15,16). The number of nitrogens with zero attached hydrogens (tertiary/aromatic N) is 2. The summed E-state index contributed by atoms with van der Waals surface area (Å²) < 4.78 is 0. The summed E-state index contributed by atoms with van der Waals surface area (Å²) in [6.07, 6.45) is 0. The summed E-state index contributed by atoms with van der Waals surface area (Å²) in [5.74, 6) is 0.0506. The van der Waals surface area contributed by atoms with E-state index in [1.165, 1.54) is 5.56 Å². The molecule has 0 aliphatic carbocycles. The molecule has 19 heavy (non-hydrogen) atoms. The van der Waals surface area contributed by atoms with E-state index in [1.807, 2.05) is 23.4 Å². The van der Waals surface area contributed by atoms with Gasteiger partial charge >= 0.3 is 0 Å². The van der Waals surface area contributed by atoms with Crippen LogP contribution in [0, 0.1) is 0 Å². The molecule has 0 bridgehead atoms. The second kappa shape index (κ2) is 5.95. The van der Waals surface area contributed by atoms with Crippen molar-refractivity contribution in [3.8, 4) is 0 Å². The topological polar surface area (TPSA) is 61.8 Å². The van der Waals surface area contributed by atoms with Gasteiger partial charge in [0, 0.05) is 29.9 Å². The number of benzene rings is 1. The molecule has 0 spiro atoms. The van der Waals surface area contributed by atoms with Crippen molar-refractivity contribution in [1.82, 2.24) is 0 Å². The molecule has 0 saturated heterocycles. The van der Waals surface area contributed by atoms with Crippen LogP contribution in [-0.4, -0.2) is 18.1 Å². The summed E-state index contributed by atoms with van der Waals surface area (Å²) in [6.45, 7) is 0.747. The lowest BCUT2D eigenvalue weighted by atomic mass is 10.1. The van der Waals surface area contributed by atoms with Crippen molar-refractivity contribution >= 4 is 34.5 Å². The Hall–Kier alpha value is -1.72. The molecule has 0 atom stereocenters. The molecule has 0 aliphatic rings.